The van der Waals surface area contributed by atoms with Crippen LogP contribution in [0.15, 0.2) is 24.3 Å². The molecular weight excluding hydrogens is 216 g/mol. The van der Waals surface area contributed by atoms with Crippen molar-refractivity contribution in [1.29, 1.82) is 0 Å². The lowest BCUT2D eigenvalue weighted by Crippen LogP contribution is -2.33. The quantitative estimate of drug-likeness (QED) is 0.883. The molecule has 1 heterocycles. The minimum atomic E-state index is 0.743. The van der Waals surface area contributed by atoms with Crippen LogP contribution in [0.5, 0.6) is 0 Å². The number of hydrogen-bond acceptors (Lipinski definition) is 3. The first-order chi connectivity index (χ1) is 7.86. The molecule has 3 rings (SSSR count). The molecule has 2 N–H and O–H groups in total. The van der Waals surface area contributed by atoms with E-state index in [4.69, 9.17) is 5.73 Å². The van der Waals surface area contributed by atoms with E-state index in [9.17, 15) is 0 Å². The number of nitrogens with zero attached hydrogens (tertiary/aromatic N) is 1. The zero-order chi connectivity index (χ0) is 11.0. The summed E-state index contributed by atoms with van der Waals surface area (Å²) in [5.41, 5.74) is 6.88. The van der Waals surface area contributed by atoms with Crippen LogP contribution in [-0.4, -0.2) is 11.5 Å². The molecule has 1 aromatic carbocycles. The van der Waals surface area contributed by atoms with Crippen LogP contribution in [0, 0.1) is 11.8 Å². The van der Waals surface area contributed by atoms with Crippen LogP contribution in [0.3, 0.4) is 0 Å². The predicted octanol–water partition coefficient (Wildman–Crippen LogP) is 2.82. The van der Waals surface area contributed by atoms with Crippen molar-refractivity contribution < 1.29 is 0 Å². The Bertz CT molecular complexity index is 456. The molecule has 0 amide bonds. The highest BCUT2D eigenvalue weighted by Crippen LogP contribution is 2.37. The van der Waals surface area contributed by atoms with E-state index in [1.807, 2.05) is 11.3 Å². The minimum Gasteiger partial charge on any atom is -0.330 e. The molecule has 3 heteroatoms. The second kappa shape index (κ2) is 4.15. The van der Waals surface area contributed by atoms with Gasteiger partial charge in [-0.15, -0.1) is 11.3 Å². The Labute approximate surface area is 99.5 Å². The summed E-state index contributed by atoms with van der Waals surface area (Å²) < 4.78 is 1.31. The van der Waals surface area contributed by atoms with Crippen molar-refractivity contribution in [3.63, 3.8) is 0 Å². The summed E-state index contributed by atoms with van der Waals surface area (Å²) in [6.45, 7) is 0.843. The third-order valence-electron chi connectivity index (χ3n) is 3.65. The first kappa shape index (κ1) is 10.2. The third kappa shape index (κ3) is 1.74. The van der Waals surface area contributed by atoms with E-state index in [2.05, 4.69) is 29.2 Å². The van der Waals surface area contributed by atoms with Gasteiger partial charge in [0, 0.05) is 6.42 Å². The number of nitrogens with two attached hydrogens (primary N) is 1. The van der Waals surface area contributed by atoms with Gasteiger partial charge < -0.3 is 5.73 Å². The number of thiazole rings is 1. The Morgan fingerprint density at radius 1 is 1.25 bits per heavy atom. The van der Waals surface area contributed by atoms with Crippen LogP contribution in [0.25, 0.3) is 10.2 Å². The molecule has 0 bridgehead atoms. The molecule has 84 valence electrons. The van der Waals surface area contributed by atoms with Gasteiger partial charge in [0.15, 0.2) is 0 Å². The highest BCUT2D eigenvalue weighted by Gasteiger charge is 2.30. The van der Waals surface area contributed by atoms with E-state index in [1.165, 1.54) is 22.5 Å². The number of fused-ring (bicyclic) bond motifs is 1. The molecule has 0 aliphatic heterocycles. The molecule has 0 spiro atoms. The van der Waals surface area contributed by atoms with Crippen molar-refractivity contribution in [2.75, 3.05) is 6.54 Å². The van der Waals surface area contributed by atoms with Gasteiger partial charge in [-0.1, -0.05) is 12.1 Å². The summed E-state index contributed by atoms with van der Waals surface area (Å²) in [4.78, 5) is 4.68. The lowest BCUT2D eigenvalue weighted by molar-refractivity contribution is 0.183. The van der Waals surface area contributed by atoms with Crippen LogP contribution in [0.2, 0.25) is 0 Å². The molecule has 1 aliphatic rings. The van der Waals surface area contributed by atoms with Crippen molar-refractivity contribution in [2.24, 2.45) is 17.6 Å². The highest BCUT2D eigenvalue weighted by atomic mass is 32.1. The highest BCUT2D eigenvalue weighted by molar-refractivity contribution is 7.18. The predicted molar refractivity (Wildman–Crippen MR) is 68.6 cm³/mol. The van der Waals surface area contributed by atoms with Crippen LogP contribution >= 0.6 is 11.3 Å². The first-order valence-corrected chi connectivity index (χ1v) is 6.73. The monoisotopic (exact) mass is 232 g/mol. The van der Waals surface area contributed by atoms with Gasteiger partial charge in [-0.2, -0.15) is 0 Å². The molecule has 2 unspecified atom stereocenters. The summed E-state index contributed by atoms with van der Waals surface area (Å²) >= 11 is 1.84. The van der Waals surface area contributed by atoms with Crippen LogP contribution in [-0.2, 0) is 6.42 Å². The summed E-state index contributed by atoms with van der Waals surface area (Å²) in [6.07, 6.45) is 3.77. The fourth-order valence-electron chi connectivity index (χ4n) is 2.45. The molecule has 2 nitrogen and oxygen atoms in total. The Morgan fingerprint density at radius 3 is 2.75 bits per heavy atom. The van der Waals surface area contributed by atoms with Crippen molar-refractivity contribution >= 4 is 21.6 Å². The lowest BCUT2D eigenvalue weighted by atomic mass is 9.72. The molecule has 2 aromatic rings. The van der Waals surface area contributed by atoms with E-state index in [-0.39, 0.29) is 0 Å². The smallest absolute Gasteiger partial charge is 0.0941 e. The van der Waals surface area contributed by atoms with E-state index < -0.39 is 0 Å². The van der Waals surface area contributed by atoms with Crippen molar-refractivity contribution in [2.45, 2.75) is 19.3 Å². The second-order valence-corrected chi connectivity index (χ2v) is 5.73. The molecule has 1 saturated carbocycles. The number of para-hydroxylation sites is 1. The Kier molecular flexibility index (Phi) is 2.65. The van der Waals surface area contributed by atoms with Gasteiger partial charge in [-0.05, 0) is 43.4 Å². The number of aromatic nitrogens is 1. The first-order valence-electron chi connectivity index (χ1n) is 5.91. The number of hydrogen-bond donors (Lipinski definition) is 1. The van der Waals surface area contributed by atoms with E-state index >= 15 is 0 Å². The molecule has 16 heavy (non-hydrogen) atoms. The molecule has 1 aliphatic carbocycles. The van der Waals surface area contributed by atoms with Gasteiger partial charge in [0.05, 0.1) is 15.2 Å². The average molecular weight is 232 g/mol. The maximum atomic E-state index is 5.74. The normalized spacial score (nSPS) is 24.6. The van der Waals surface area contributed by atoms with Crippen LogP contribution in [0.1, 0.15) is 17.8 Å². The molecular formula is C13H16N2S. The fourth-order valence-corrected chi connectivity index (χ4v) is 3.51. The van der Waals surface area contributed by atoms with E-state index in [1.54, 1.807) is 0 Å². The molecule has 1 fully saturated rings. The van der Waals surface area contributed by atoms with Crippen molar-refractivity contribution in [3.05, 3.63) is 29.3 Å². The number of benzene rings is 1. The molecule has 2 atom stereocenters. The van der Waals surface area contributed by atoms with Crippen molar-refractivity contribution in [1.82, 2.24) is 4.98 Å². The lowest BCUT2D eigenvalue weighted by Gasteiger charge is -2.35. The molecule has 0 radical (unpaired) electrons. The second-order valence-electron chi connectivity index (χ2n) is 4.61. The van der Waals surface area contributed by atoms with Gasteiger partial charge >= 0.3 is 0 Å². The van der Waals surface area contributed by atoms with Gasteiger partial charge in [0.1, 0.15) is 0 Å². The summed E-state index contributed by atoms with van der Waals surface area (Å²) in [6, 6.07) is 8.38. The topological polar surface area (TPSA) is 38.9 Å². The van der Waals surface area contributed by atoms with E-state index in [0.717, 1.165) is 30.3 Å². The largest absolute Gasteiger partial charge is 0.330 e. The maximum Gasteiger partial charge on any atom is 0.0941 e. The Morgan fingerprint density at radius 2 is 2.06 bits per heavy atom. The standard InChI is InChI=1S/C13H16N2S/c14-8-10-6-5-9(10)7-13-15-11-3-1-2-4-12(11)16-13/h1-4,9-10H,5-8,14H2. The Balaban J connectivity index is 1.79. The van der Waals surface area contributed by atoms with Gasteiger partial charge in [-0.3, -0.25) is 0 Å². The van der Waals surface area contributed by atoms with Gasteiger partial charge in [-0.25, -0.2) is 4.98 Å². The molecule has 0 saturated heterocycles. The minimum absolute atomic E-state index is 0.743. The summed E-state index contributed by atoms with van der Waals surface area (Å²) in [5, 5.41) is 1.28. The Hall–Kier alpha value is -0.930. The zero-order valence-corrected chi connectivity index (χ0v) is 10.0. The maximum absolute atomic E-state index is 5.74. The van der Waals surface area contributed by atoms with Crippen LogP contribution < -0.4 is 5.73 Å². The molecule has 1 aromatic heterocycles. The zero-order valence-electron chi connectivity index (χ0n) is 9.23. The van der Waals surface area contributed by atoms with Gasteiger partial charge in [0.25, 0.3) is 0 Å². The van der Waals surface area contributed by atoms with E-state index in [0.29, 0.717) is 0 Å². The van der Waals surface area contributed by atoms with Crippen molar-refractivity contribution in [3.8, 4) is 0 Å². The van der Waals surface area contributed by atoms with Crippen LogP contribution in [0.4, 0.5) is 0 Å². The number of rotatable bonds is 3. The summed E-state index contributed by atoms with van der Waals surface area (Å²) in [7, 11) is 0. The average Bonchev–Trinajstić information content (AvgIpc) is 2.67. The van der Waals surface area contributed by atoms with Gasteiger partial charge in [0.2, 0.25) is 0 Å². The SMILES string of the molecule is NCC1CCC1Cc1nc2ccccc2s1. The summed E-state index contributed by atoms with van der Waals surface area (Å²) in [5.74, 6) is 1.53. The third-order valence-corrected chi connectivity index (χ3v) is 4.71. The fraction of sp³-hybridized carbons (Fsp3) is 0.462.